The molecular weight excluding hydrogens is 244 g/mol. The molecule has 0 amide bonds. The molecule has 0 N–H and O–H groups in total. The second-order valence-electron chi connectivity index (χ2n) is 4.58. The maximum Gasteiger partial charge on any atom is 0.0614 e. The molecule has 102 valence electrons. The fourth-order valence-corrected chi connectivity index (χ4v) is 1.94. The maximum atomic E-state index is 4.53. The van der Waals surface area contributed by atoms with Crippen molar-refractivity contribution in [3.63, 3.8) is 0 Å². The second-order valence-corrected chi connectivity index (χ2v) is 4.58. The first-order chi connectivity index (χ1) is 9.88. The topological polar surface area (TPSA) is 15.6 Å². The normalized spacial score (nSPS) is 11.2. The van der Waals surface area contributed by atoms with Gasteiger partial charge < -0.3 is 0 Å². The monoisotopic (exact) mass is 264 g/mol. The van der Waals surface area contributed by atoms with Crippen LogP contribution in [0.3, 0.4) is 0 Å². The van der Waals surface area contributed by atoms with Gasteiger partial charge in [-0.25, -0.2) is 0 Å². The molecule has 2 rings (SSSR count). The van der Waals surface area contributed by atoms with Crippen molar-refractivity contribution < 1.29 is 0 Å². The van der Waals surface area contributed by atoms with E-state index < -0.39 is 0 Å². The van der Waals surface area contributed by atoms with Gasteiger partial charge in [0.05, 0.1) is 13.1 Å². The Morgan fingerprint density at radius 1 is 0.850 bits per heavy atom. The van der Waals surface area contributed by atoms with E-state index in [0.29, 0.717) is 0 Å². The molecule has 0 saturated carbocycles. The highest BCUT2D eigenvalue weighted by atomic mass is 15.4. The molecule has 0 saturated heterocycles. The molecule has 0 radical (unpaired) electrons. The number of nitrogens with zero attached hydrogens (tertiary/aromatic N) is 2. The standard InChI is InChI=1S/C18H20N2/c1-2-3-14-19-20(15-17-10-6-4-7-11-17)16-18-12-8-5-9-13-18/h2-14H,15-16H2,1H3/b3-2+,19-14-. The SMILES string of the molecule is C/C=C/C=N\N(Cc1ccccc1)Cc1ccccc1. The molecule has 0 unspecified atom stereocenters. The average Bonchev–Trinajstić information content (AvgIpc) is 2.49. The molecule has 20 heavy (non-hydrogen) atoms. The minimum atomic E-state index is 0.809. The lowest BCUT2D eigenvalue weighted by molar-refractivity contribution is 0.272. The first-order valence-corrected chi connectivity index (χ1v) is 6.86. The lowest BCUT2D eigenvalue weighted by Crippen LogP contribution is -2.16. The van der Waals surface area contributed by atoms with Crippen LogP contribution < -0.4 is 0 Å². The molecule has 0 aliphatic heterocycles. The van der Waals surface area contributed by atoms with Crippen LogP contribution in [0.25, 0.3) is 0 Å². The predicted octanol–water partition coefficient (Wildman–Crippen LogP) is 4.25. The Morgan fingerprint density at radius 2 is 1.35 bits per heavy atom. The van der Waals surface area contributed by atoms with E-state index in [1.54, 1.807) is 0 Å². The van der Waals surface area contributed by atoms with Crippen molar-refractivity contribution in [1.82, 2.24) is 5.01 Å². The van der Waals surface area contributed by atoms with E-state index in [1.807, 2.05) is 37.4 Å². The van der Waals surface area contributed by atoms with Gasteiger partial charge in [0.2, 0.25) is 0 Å². The van der Waals surface area contributed by atoms with E-state index >= 15 is 0 Å². The van der Waals surface area contributed by atoms with Crippen molar-refractivity contribution in [3.05, 3.63) is 83.9 Å². The molecule has 0 atom stereocenters. The summed E-state index contributed by atoms with van der Waals surface area (Å²) in [6, 6.07) is 20.8. The van der Waals surface area contributed by atoms with Gasteiger partial charge in [-0.2, -0.15) is 5.10 Å². The highest BCUT2D eigenvalue weighted by molar-refractivity contribution is 5.70. The van der Waals surface area contributed by atoms with Crippen molar-refractivity contribution in [1.29, 1.82) is 0 Å². The van der Waals surface area contributed by atoms with E-state index in [-0.39, 0.29) is 0 Å². The van der Waals surface area contributed by atoms with Crippen LogP contribution >= 0.6 is 0 Å². The summed E-state index contributed by atoms with van der Waals surface area (Å²) in [5.74, 6) is 0. The van der Waals surface area contributed by atoms with Crippen molar-refractivity contribution in [2.45, 2.75) is 20.0 Å². The Kier molecular flexibility index (Phi) is 5.59. The summed E-state index contributed by atoms with van der Waals surface area (Å²) < 4.78 is 0. The summed E-state index contributed by atoms with van der Waals surface area (Å²) in [5, 5.41) is 6.60. The number of allylic oxidation sites excluding steroid dienone is 2. The molecule has 2 heteroatoms. The fraction of sp³-hybridized carbons (Fsp3) is 0.167. The highest BCUT2D eigenvalue weighted by Gasteiger charge is 2.03. The third-order valence-corrected chi connectivity index (χ3v) is 2.92. The fourth-order valence-electron chi connectivity index (χ4n) is 1.94. The van der Waals surface area contributed by atoms with Gasteiger partial charge in [0.25, 0.3) is 0 Å². The van der Waals surface area contributed by atoms with Gasteiger partial charge in [0, 0.05) is 6.21 Å². The first kappa shape index (κ1) is 14.1. The van der Waals surface area contributed by atoms with Gasteiger partial charge in [-0.15, -0.1) is 0 Å². The Hall–Kier alpha value is -2.35. The Bertz CT molecular complexity index is 503. The summed E-state index contributed by atoms with van der Waals surface area (Å²) in [5.41, 5.74) is 2.53. The van der Waals surface area contributed by atoms with Crippen molar-refractivity contribution >= 4 is 6.21 Å². The summed E-state index contributed by atoms with van der Waals surface area (Å²) in [4.78, 5) is 0. The molecule has 2 nitrogen and oxygen atoms in total. The number of benzene rings is 2. The van der Waals surface area contributed by atoms with Crippen LogP contribution in [0.4, 0.5) is 0 Å². The summed E-state index contributed by atoms with van der Waals surface area (Å²) >= 11 is 0. The van der Waals surface area contributed by atoms with Crippen LogP contribution in [0, 0.1) is 0 Å². The van der Waals surface area contributed by atoms with Crippen LogP contribution in [0.5, 0.6) is 0 Å². The molecule has 0 bridgehead atoms. The van der Waals surface area contributed by atoms with E-state index in [0.717, 1.165) is 13.1 Å². The Balaban J connectivity index is 2.08. The number of hydrazone groups is 1. The number of hydrogen-bond donors (Lipinski definition) is 0. The quantitative estimate of drug-likeness (QED) is 0.562. The second kappa shape index (κ2) is 7.95. The minimum absolute atomic E-state index is 0.809. The zero-order valence-corrected chi connectivity index (χ0v) is 11.8. The summed E-state index contributed by atoms with van der Waals surface area (Å²) in [6.45, 7) is 3.61. The third kappa shape index (κ3) is 4.73. The maximum absolute atomic E-state index is 4.53. The van der Waals surface area contributed by atoms with Gasteiger partial charge in [0.1, 0.15) is 0 Å². The lowest BCUT2D eigenvalue weighted by Gasteiger charge is -2.19. The van der Waals surface area contributed by atoms with E-state index in [1.165, 1.54) is 11.1 Å². The molecule has 0 aliphatic carbocycles. The molecule has 0 aromatic heterocycles. The van der Waals surface area contributed by atoms with Crippen LogP contribution in [-0.2, 0) is 13.1 Å². The molecule has 0 spiro atoms. The van der Waals surface area contributed by atoms with Crippen molar-refractivity contribution in [2.24, 2.45) is 5.10 Å². The number of rotatable bonds is 6. The largest absolute Gasteiger partial charge is 0.288 e. The van der Waals surface area contributed by atoms with Gasteiger partial charge in [0.15, 0.2) is 0 Å². The van der Waals surface area contributed by atoms with E-state index in [2.05, 4.69) is 58.6 Å². The molecule has 0 aliphatic rings. The molecule has 0 heterocycles. The highest BCUT2D eigenvalue weighted by Crippen LogP contribution is 2.10. The Morgan fingerprint density at radius 3 is 1.80 bits per heavy atom. The van der Waals surface area contributed by atoms with Crippen LogP contribution in [0.15, 0.2) is 77.9 Å². The van der Waals surface area contributed by atoms with Gasteiger partial charge in [-0.05, 0) is 24.1 Å². The first-order valence-electron chi connectivity index (χ1n) is 6.86. The minimum Gasteiger partial charge on any atom is -0.288 e. The van der Waals surface area contributed by atoms with Crippen molar-refractivity contribution in [2.75, 3.05) is 0 Å². The number of hydrogen-bond acceptors (Lipinski definition) is 2. The molecule has 0 fully saturated rings. The molecule has 2 aromatic rings. The average molecular weight is 264 g/mol. The van der Waals surface area contributed by atoms with Gasteiger partial charge in [-0.3, -0.25) is 5.01 Å². The van der Waals surface area contributed by atoms with Gasteiger partial charge in [-0.1, -0.05) is 66.7 Å². The smallest absolute Gasteiger partial charge is 0.0614 e. The zero-order valence-electron chi connectivity index (χ0n) is 11.8. The van der Waals surface area contributed by atoms with Crippen molar-refractivity contribution in [3.8, 4) is 0 Å². The van der Waals surface area contributed by atoms with Crippen LogP contribution in [-0.4, -0.2) is 11.2 Å². The predicted molar refractivity (Wildman–Crippen MR) is 85.4 cm³/mol. The van der Waals surface area contributed by atoms with E-state index in [4.69, 9.17) is 0 Å². The van der Waals surface area contributed by atoms with Crippen LogP contribution in [0.2, 0.25) is 0 Å². The van der Waals surface area contributed by atoms with Crippen LogP contribution in [0.1, 0.15) is 18.1 Å². The summed E-state index contributed by atoms with van der Waals surface area (Å²) in [7, 11) is 0. The molecular formula is C18H20N2. The third-order valence-electron chi connectivity index (χ3n) is 2.92. The lowest BCUT2D eigenvalue weighted by atomic mass is 10.2. The van der Waals surface area contributed by atoms with E-state index in [9.17, 15) is 0 Å². The van der Waals surface area contributed by atoms with Gasteiger partial charge >= 0.3 is 0 Å². The Labute approximate surface area is 121 Å². The zero-order chi connectivity index (χ0) is 14.0. The summed E-state index contributed by atoms with van der Waals surface area (Å²) in [6.07, 6.45) is 5.77. The molecule has 2 aromatic carbocycles.